The van der Waals surface area contributed by atoms with Gasteiger partial charge >= 0.3 is 0 Å². The van der Waals surface area contributed by atoms with Crippen LogP contribution in [-0.4, -0.2) is 28.8 Å². The Morgan fingerprint density at radius 3 is 2.33 bits per heavy atom. The number of benzene rings is 4. The first-order valence-corrected chi connectivity index (χ1v) is 15.2. The van der Waals surface area contributed by atoms with Crippen LogP contribution >= 0.6 is 15.9 Å². The molecule has 1 aliphatic carbocycles. The van der Waals surface area contributed by atoms with Gasteiger partial charge in [-0.3, -0.25) is 9.59 Å². The van der Waals surface area contributed by atoms with E-state index in [1.165, 1.54) is 17.2 Å². The Labute approximate surface area is 245 Å². The summed E-state index contributed by atoms with van der Waals surface area (Å²) in [7, 11) is 0. The molecule has 0 bridgehead atoms. The molecule has 4 aromatic rings. The van der Waals surface area contributed by atoms with Crippen LogP contribution in [0, 0.1) is 0 Å². The van der Waals surface area contributed by atoms with Crippen LogP contribution in [0.4, 0.5) is 0 Å². The molecule has 4 aromatic carbocycles. The van der Waals surface area contributed by atoms with Crippen molar-refractivity contribution >= 4 is 38.5 Å². The van der Waals surface area contributed by atoms with Gasteiger partial charge in [0.15, 0.2) is 0 Å². The Morgan fingerprint density at radius 1 is 0.825 bits per heavy atom. The number of hydrogen-bond acceptors (Lipinski definition) is 2. The van der Waals surface area contributed by atoms with Gasteiger partial charge in [-0.25, -0.2) is 0 Å². The molecule has 0 aromatic heterocycles. The molecule has 1 atom stereocenters. The van der Waals surface area contributed by atoms with Crippen LogP contribution in [-0.2, 0) is 29.0 Å². The molecule has 206 valence electrons. The number of carbonyl (C=O) groups excluding carboxylic acids is 2. The number of halogens is 1. The number of fused-ring (bicyclic) bond motifs is 1. The minimum atomic E-state index is -0.594. The number of nitrogens with one attached hydrogen (secondary N) is 1. The number of rotatable bonds is 10. The summed E-state index contributed by atoms with van der Waals surface area (Å²) < 4.78 is 0.958. The summed E-state index contributed by atoms with van der Waals surface area (Å²) in [6.45, 7) is 0.378. The zero-order valence-corrected chi connectivity index (χ0v) is 24.5. The average Bonchev–Trinajstić information content (AvgIpc) is 2.98. The van der Waals surface area contributed by atoms with E-state index in [-0.39, 0.29) is 17.9 Å². The van der Waals surface area contributed by atoms with Gasteiger partial charge in [-0.2, -0.15) is 0 Å². The van der Waals surface area contributed by atoms with E-state index < -0.39 is 6.04 Å². The van der Waals surface area contributed by atoms with Gasteiger partial charge in [-0.05, 0) is 58.9 Å². The molecule has 5 rings (SSSR count). The highest BCUT2D eigenvalue weighted by Gasteiger charge is 2.31. The molecule has 0 spiro atoms. The predicted octanol–water partition coefficient (Wildman–Crippen LogP) is 7.62. The highest BCUT2D eigenvalue weighted by molar-refractivity contribution is 9.10. The van der Waals surface area contributed by atoms with Gasteiger partial charge < -0.3 is 10.2 Å². The Hall–Kier alpha value is -3.44. The summed E-state index contributed by atoms with van der Waals surface area (Å²) in [6.07, 6.45) is 6.95. The van der Waals surface area contributed by atoms with Gasteiger partial charge in [0.1, 0.15) is 6.04 Å². The molecule has 40 heavy (non-hydrogen) atoms. The molecule has 0 heterocycles. The first-order valence-electron chi connectivity index (χ1n) is 14.4. The Bertz CT molecular complexity index is 1430. The first-order chi connectivity index (χ1) is 19.6. The second kappa shape index (κ2) is 13.8. The summed E-state index contributed by atoms with van der Waals surface area (Å²) >= 11 is 3.58. The monoisotopic (exact) mass is 596 g/mol. The maximum atomic E-state index is 14.1. The Balaban J connectivity index is 1.43. The molecule has 5 heteroatoms. The maximum absolute atomic E-state index is 14.1. The van der Waals surface area contributed by atoms with Crippen LogP contribution in [0.15, 0.2) is 102 Å². The molecule has 1 aliphatic rings. The number of hydrogen-bond donors (Lipinski definition) is 1. The van der Waals surface area contributed by atoms with E-state index in [1.807, 2.05) is 71.6 Å². The third-order valence-corrected chi connectivity index (χ3v) is 8.45. The van der Waals surface area contributed by atoms with E-state index in [2.05, 4.69) is 51.6 Å². The smallest absolute Gasteiger partial charge is 0.243 e. The van der Waals surface area contributed by atoms with Crippen LogP contribution in [0.1, 0.15) is 55.2 Å². The van der Waals surface area contributed by atoms with E-state index in [0.717, 1.165) is 46.8 Å². The fraction of sp³-hybridized carbons (Fsp3) is 0.314. The SMILES string of the molecule is O=C(NC1CCCCC1)[C@@H](Cc1ccccc1)N(Cc1cccc(Br)c1)C(=O)CCc1cccc2ccccc12. The van der Waals surface area contributed by atoms with E-state index in [4.69, 9.17) is 0 Å². The average molecular weight is 598 g/mol. The number of nitrogens with zero attached hydrogens (tertiary/aromatic N) is 1. The lowest BCUT2D eigenvalue weighted by atomic mass is 9.94. The Kier molecular flexibility index (Phi) is 9.67. The van der Waals surface area contributed by atoms with E-state index in [1.54, 1.807) is 0 Å². The summed E-state index contributed by atoms with van der Waals surface area (Å²) in [5.41, 5.74) is 3.20. The minimum Gasteiger partial charge on any atom is -0.352 e. The normalized spacial score (nSPS) is 14.5. The summed E-state index contributed by atoms with van der Waals surface area (Å²) in [5.74, 6) is -0.0584. The molecule has 1 N–H and O–H groups in total. The highest BCUT2D eigenvalue weighted by atomic mass is 79.9. The van der Waals surface area contributed by atoms with E-state index in [9.17, 15) is 9.59 Å². The van der Waals surface area contributed by atoms with Crippen molar-refractivity contribution in [2.24, 2.45) is 0 Å². The molecule has 0 saturated heterocycles. The van der Waals surface area contributed by atoms with Gasteiger partial charge in [0, 0.05) is 29.9 Å². The second-order valence-corrected chi connectivity index (χ2v) is 11.8. The highest BCUT2D eigenvalue weighted by Crippen LogP contribution is 2.23. The summed E-state index contributed by atoms with van der Waals surface area (Å²) in [6, 6.07) is 32.2. The van der Waals surface area contributed by atoms with Gasteiger partial charge in [0.05, 0.1) is 0 Å². The number of aryl methyl sites for hydroxylation is 1. The summed E-state index contributed by atoms with van der Waals surface area (Å²) in [4.78, 5) is 29.9. The van der Waals surface area contributed by atoms with Gasteiger partial charge in [0.25, 0.3) is 0 Å². The van der Waals surface area contributed by atoms with Gasteiger partial charge in [0.2, 0.25) is 11.8 Å². The minimum absolute atomic E-state index is 0.00682. The third kappa shape index (κ3) is 7.39. The molecule has 0 radical (unpaired) electrons. The van der Waals surface area contributed by atoms with Crippen LogP contribution < -0.4 is 5.32 Å². The largest absolute Gasteiger partial charge is 0.352 e. The van der Waals surface area contributed by atoms with Crippen molar-refractivity contribution in [3.8, 4) is 0 Å². The van der Waals surface area contributed by atoms with Gasteiger partial charge in [-0.15, -0.1) is 0 Å². The topological polar surface area (TPSA) is 49.4 Å². The van der Waals surface area contributed by atoms with Crippen LogP contribution in [0.5, 0.6) is 0 Å². The molecular formula is C35H37BrN2O2. The molecule has 0 aliphatic heterocycles. The molecule has 0 unspecified atom stereocenters. The molecule has 2 amide bonds. The predicted molar refractivity (Wildman–Crippen MR) is 166 cm³/mol. The zero-order valence-electron chi connectivity index (χ0n) is 22.9. The van der Waals surface area contributed by atoms with Crippen molar-refractivity contribution in [3.63, 3.8) is 0 Å². The lowest BCUT2D eigenvalue weighted by molar-refractivity contribution is -0.141. The fourth-order valence-electron chi connectivity index (χ4n) is 5.83. The van der Waals surface area contributed by atoms with Crippen molar-refractivity contribution in [3.05, 3.63) is 118 Å². The molecule has 4 nitrogen and oxygen atoms in total. The van der Waals surface area contributed by atoms with E-state index >= 15 is 0 Å². The van der Waals surface area contributed by atoms with Crippen LogP contribution in [0.25, 0.3) is 10.8 Å². The second-order valence-electron chi connectivity index (χ2n) is 10.8. The number of amides is 2. The quantitative estimate of drug-likeness (QED) is 0.205. The number of carbonyl (C=O) groups is 2. The summed E-state index contributed by atoms with van der Waals surface area (Å²) in [5, 5.41) is 5.67. The van der Waals surface area contributed by atoms with Crippen molar-refractivity contribution < 1.29 is 9.59 Å². The molecular weight excluding hydrogens is 560 g/mol. The van der Waals surface area contributed by atoms with Crippen molar-refractivity contribution in [1.29, 1.82) is 0 Å². The molecule has 1 fully saturated rings. The van der Waals surface area contributed by atoms with E-state index in [0.29, 0.717) is 25.8 Å². The maximum Gasteiger partial charge on any atom is 0.243 e. The first kappa shape index (κ1) is 28.1. The van der Waals surface area contributed by atoms with Gasteiger partial charge in [-0.1, -0.05) is 120 Å². The third-order valence-electron chi connectivity index (χ3n) is 7.95. The van der Waals surface area contributed by atoms with Crippen LogP contribution in [0.2, 0.25) is 0 Å². The van der Waals surface area contributed by atoms with Crippen molar-refractivity contribution in [1.82, 2.24) is 10.2 Å². The Morgan fingerprint density at radius 2 is 1.52 bits per heavy atom. The standard InChI is InChI=1S/C35H37BrN2O2/c36-30-17-9-13-27(23-30)25-38(34(39)22-21-29-16-10-15-28-14-7-8-20-32(28)29)33(24-26-11-3-1-4-12-26)35(40)37-31-18-5-2-6-19-31/h1,3-4,7-17,20,23,31,33H,2,5-6,18-19,21-22,24-25H2,(H,37,40)/t33-/m1/s1. The van der Waals surface area contributed by atoms with Crippen molar-refractivity contribution in [2.75, 3.05) is 0 Å². The van der Waals surface area contributed by atoms with Crippen LogP contribution in [0.3, 0.4) is 0 Å². The lowest BCUT2D eigenvalue weighted by Crippen LogP contribution is -2.52. The fourth-order valence-corrected chi connectivity index (χ4v) is 6.27. The molecule has 1 saturated carbocycles. The lowest BCUT2D eigenvalue weighted by Gasteiger charge is -2.33. The van der Waals surface area contributed by atoms with Crippen molar-refractivity contribution in [2.45, 2.75) is 70.0 Å². The zero-order chi connectivity index (χ0) is 27.7.